The smallest absolute Gasteiger partial charge is 0.326 e. The Morgan fingerprint density at radius 2 is 1.84 bits per heavy atom. The summed E-state index contributed by atoms with van der Waals surface area (Å²) in [5.74, 6) is -1.30. The molecule has 2 rings (SSSR count). The van der Waals surface area contributed by atoms with Crippen molar-refractivity contribution in [2.45, 2.75) is 20.3 Å². The molecular weight excluding hydrogens is 349 g/mol. The zero-order valence-electron chi connectivity index (χ0n) is 13.8. The van der Waals surface area contributed by atoms with Crippen LogP contribution < -0.4 is 14.3 Å². The van der Waals surface area contributed by atoms with Crippen molar-refractivity contribution in [3.8, 4) is 17.2 Å². The first-order valence-corrected chi connectivity index (χ1v) is 7.97. The van der Waals surface area contributed by atoms with Crippen LogP contribution in [0.2, 0.25) is 0 Å². The molecule has 0 aliphatic rings. The molecule has 2 aromatic carbocycles. The van der Waals surface area contributed by atoms with E-state index in [9.17, 15) is 14.0 Å². The van der Waals surface area contributed by atoms with Gasteiger partial charge in [-0.2, -0.15) is 0 Å². The van der Waals surface area contributed by atoms with Gasteiger partial charge in [0.05, 0.1) is 0 Å². The van der Waals surface area contributed by atoms with Gasteiger partial charge in [-0.25, -0.2) is 9.23 Å². The molecule has 0 radical (unpaired) electrons. The predicted octanol–water partition coefficient (Wildman–Crippen LogP) is 4.03. The van der Waals surface area contributed by atoms with Crippen LogP contribution >= 0.6 is 11.8 Å². The molecule has 0 heterocycles. The number of ether oxygens (including phenoxy) is 2. The normalized spacial score (nSPS) is 10.4. The number of Topliss-reactive ketones (excluding diaryl/α,β-unsaturated/α-hetero) is 1. The summed E-state index contributed by atoms with van der Waals surface area (Å²) in [5.41, 5.74) is 1.16. The molecule has 0 spiro atoms. The van der Waals surface area contributed by atoms with Gasteiger partial charge in [-0.05, 0) is 61.0 Å². The molecule has 5 nitrogen and oxygen atoms in total. The van der Waals surface area contributed by atoms with Gasteiger partial charge < -0.3 is 9.47 Å². The van der Waals surface area contributed by atoms with E-state index < -0.39 is 11.8 Å². The molecule has 1 N–H and O–H groups in total. The minimum Gasteiger partial charge on any atom is -0.450 e. The Morgan fingerprint density at radius 3 is 2.44 bits per heavy atom. The highest BCUT2D eigenvalue weighted by Crippen LogP contribution is 2.34. The molecule has 25 heavy (non-hydrogen) atoms. The van der Waals surface area contributed by atoms with Crippen molar-refractivity contribution in [3.63, 3.8) is 0 Å². The Morgan fingerprint density at radius 1 is 1.12 bits per heavy atom. The molecule has 0 saturated carbocycles. The molecule has 7 heteroatoms. The Bertz CT molecular complexity index is 795. The third-order valence-electron chi connectivity index (χ3n) is 3.41. The van der Waals surface area contributed by atoms with Gasteiger partial charge in [0.1, 0.15) is 6.54 Å². The second kappa shape index (κ2) is 8.60. The third-order valence-corrected chi connectivity index (χ3v) is 3.54. The molecule has 0 aromatic heterocycles. The van der Waals surface area contributed by atoms with Crippen LogP contribution in [0.3, 0.4) is 0 Å². The van der Waals surface area contributed by atoms with Gasteiger partial charge in [-0.3, -0.25) is 9.59 Å². The minimum absolute atomic E-state index is 0.0815. The number of carbonyl (C=O) groups is 2. The number of hydrogen-bond donors (Lipinski definition) is 1. The van der Waals surface area contributed by atoms with E-state index in [2.05, 4.69) is 4.84 Å². The first-order valence-electron chi connectivity index (χ1n) is 7.60. The Hall–Kier alpha value is -2.44. The standard InChI is InChI=1S/C18H17ClFNO4/c1-3-12-4-6-16(17(8-12)25-18(23)10-21-19)24-15-7-5-13(11(2)22)9-14(15)20/h4-9,21H,3,10H2,1-2H3. The maximum absolute atomic E-state index is 14.1. The van der Waals surface area contributed by atoms with Crippen molar-refractivity contribution < 1.29 is 23.5 Å². The van der Waals surface area contributed by atoms with Gasteiger partial charge in [-0.15, -0.1) is 0 Å². The van der Waals surface area contributed by atoms with E-state index in [0.29, 0.717) is 0 Å². The zero-order valence-corrected chi connectivity index (χ0v) is 14.5. The fraction of sp³-hybridized carbons (Fsp3) is 0.222. The van der Waals surface area contributed by atoms with E-state index in [0.717, 1.165) is 18.1 Å². The average molecular weight is 366 g/mol. The number of esters is 1. The molecule has 0 fully saturated rings. The topological polar surface area (TPSA) is 64.6 Å². The van der Waals surface area contributed by atoms with Gasteiger partial charge in [0.15, 0.2) is 28.8 Å². The second-order valence-corrected chi connectivity index (χ2v) is 5.49. The van der Waals surface area contributed by atoms with E-state index in [1.54, 1.807) is 18.2 Å². The van der Waals surface area contributed by atoms with Crippen molar-refractivity contribution in [3.05, 3.63) is 53.3 Å². The summed E-state index contributed by atoms with van der Waals surface area (Å²) < 4.78 is 24.9. The Balaban J connectivity index is 2.32. The average Bonchev–Trinajstić information content (AvgIpc) is 2.58. The van der Waals surface area contributed by atoms with Gasteiger partial charge in [0.25, 0.3) is 0 Å². The number of ketones is 1. The Labute approximate surface area is 149 Å². The minimum atomic E-state index is -0.688. The SMILES string of the molecule is CCc1ccc(Oc2ccc(C(C)=O)cc2F)c(OC(=O)CNCl)c1. The van der Waals surface area contributed by atoms with E-state index >= 15 is 0 Å². The number of carbonyl (C=O) groups excluding carboxylic acids is 2. The van der Waals surface area contributed by atoms with Crippen LogP contribution in [0.25, 0.3) is 0 Å². The van der Waals surface area contributed by atoms with Crippen molar-refractivity contribution >= 4 is 23.5 Å². The Kier molecular flexibility index (Phi) is 6.50. The predicted molar refractivity (Wildman–Crippen MR) is 91.8 cm³/mol. The maximum Gasteiger partial charge on any atom is 0.326 e. The monoisotopic (exact) mass is 365 g/mol. The molecule has 0 aliphatic heterocycles. The number of hydrogen-bond acceptors (Lipinski definition) is 5. The van der Waals surface area contributed by atoms with Crippen molar-refractivity contribution in [1.29, 1.82) is 0 Å². The summed E-state index contributed by atoms with van der Waals surface area (Å²) in [6, 6.07) is 8.93. The number of rotatable bonds is 7. The quantitative estimate of drug-likeness (QED) is 0.347. The van der Waals surface area contributed by atoms with Crippen LogP contribution in [0, 0.1) is 5.82 Å². The second-order valence-electron chi connectivity index (χ2n) is 5.22. The first kappa shape index (κ1) is 18.9. The molecule has 0 saturated heterocycles. The van der Waals surface area contributed by atoms with Crippen LogP contribution in [0.5, 0.6) is 17.2 Å². The van der Waals surface area contributed by atoms with Crippen molar-refractivity contribution in [2.24, 2.45) is 0 Å². The summed E-state index contributed by atoms with van der Waals surface area (Å²) in [7, 11) is 0. The molecule has 0 bridgehead atoms. The first-order chi connectivity index (χ1) is 11.9. The molecule has 0 unspecified atom stereocenters. The summed E-state index contributed by atoms with van der Waals surface area (Å²) >= 11 is 5.29. The molecular formula is C18H17ClFNO4. The maximum atomic E-state index is 14.1. The van der Waals surface area contributed by atoms with Gasteiger partial charge in [0.2, 0.25) is 0 Å². The lowest BCUT2D eigenvalue weighted by Crippen LogP contribution is -2.20. The largest absolute Gasteiger partial charge is 0.450 e. The fourth-order valence-electron chi connectivity index (χ4n) is 2.07. The van der Waals surface area contributed by atoms with Gasteiger partial charge >= 0.3 is 5.97 Å². The number of nitrogens with one attached hydrogen (secondary N) is 1. The summed E-state index contributed by atoms with van der Waals surface area (Å²) in [6.07, 6.45) is 0.722. The van der Waals surface area contributed by atoms with Crippen LogP contribution in [0.1, 0.15) is 29.8 Å². The molecule has 2 aromatic rings. The van der Waals surface area contributed by atoms with E-state index in [1.807, 2.05) is 6.92 Å². The van der Waals surface area contributed by atoms with Crippen molar-refractivity contribution in [2.75, 3.05) is 6.54 Å². The number of benzene rings is 2. The highest BCUT2D eigenvalue weighted by molar-refractivity contribution is 6.14. The fourth-order valence-corrected chi connectivity index (χ4v) is 2.18. The van der Waals surface area contributed by atoms with E-state index in [-0.39, 0.29) is 35.1 Å². The van der Waals surface area contributed by atoms with Crippen LogP contribution in [0.4, 0.5) is 4.39 Å². The van der Waals surface area contributed by atoms with Crippen LogP contribution in [-0.4, -0.2) is 18.3 Å². The molecule has 0 atom stereocenters. The van der Waals surface area contributed by atoms with Crippen LogP contribution in [0.15, 0.2) is 36.4 Å². The molecule has 0 amide bonds. The van der Waals surface area contributed by atoms with Gasteiger partial charge in [-0.1, -0.05) is 13.0 Å². The lowest BCUT2D eigenvalue weighted by Gasteiger charge is -2.13. The van der Waals surface area contributed by atoms with Gasteiger partial charge in [0, 0.05) is 5.56 Å². The van der Waals surface area contributed by atoms with Crippen LogP contribution in [-0.2, 0) is 11.2 Å². The summed E-state index contributed by atoms with van der Waals surface area (Å²) in [4.78, 5) is 25.1. The zero-order chi connectivity index (χ0) is 18.4. The number of aryl methyl sites for hydroxylation is 1. The summed E-state index contributed by atoms with van der Waals surface area (Å²) in [5, 5.41) is 0. The van der Waals surface area contributed by atoms with E-state index in [4.69, 9.17) is 21.3 Å². The summed E-state index contributed by atoms with van der Waals surface area (Å²) in [6.45, 7) is 3.10. The number of halogens is 2. The van der Waals surface area contributed by atoms with Crippen molar-refractivity contribution in [1.82, 2.24) is 4.84 Å². The molecule has 132 valence electrons. The van der Waals surface area contributed by atoms with E-state index in [1.165, 1.54) is 19.1 Å². The lowest BCUT2D eigenvalue weighted by molar-refractivity contribution is -0.133. The lowest BCUT2D eigenvalue weighted by atomic mass is 10.1. The highest BCUT2D eigenvalue weighted by Gasteiger charge is 2.15. The molecule has 0 aliphatic carbocycles. The third kappa shape index (κ3) is 5.01. The highest BCUT2D eigenvalue weighted by atomic mass is 35.5.